The smallest absolute Gasteiger partial charge is 0.338 e. The maximum atomic E-state index is 13.6. The Balaban J connectivity index is 1.45. The second kappa shape index (κ2) is 8.73. The fraction of sp³-hybridized carbons (Fsp3) is 0.0870. The predicted octanol–water partition coefficient (Wildman–Crippen LogP) is 4.89. The van der Waals surface area contributed by atoms with Crippen LogP contribution in [-0.2, 0) is 9.53 Å². The predicted molar refractivity (Wildman–Crippen MR) is 111 cm³/mol. The van der Waals surface area contributed by atoms with Crippen LogP contribution >= 0.6 is 0 Å². The number of halogens is 4. The number of ether oxygens (including phenoxy) is 1. The van der Waals surface area contributed by atoms with E-state index in [4.69, 9.17) is 4.74 Å². The zero-order chi connectivity index (χ0) is 23.7. The maximum absolute atomic E-state index is 13.6. The molecule has 1 aromatic heterocycles. The number of esters is 1. The van der Waals surface area contributed by atoms with Crippen molar-refractivity contribution in [2.45, 2.75) is 6.92 Å². The largest absolute Gasteiger partial charge is 0.452 e. The second-order valence-electron chi connectivity index (χ2n) is 7.15. The number of imidazole rings is 1. The van der Waals surface area contributed by atoms with Gasteiger partial charge in [-0.05, 0) is 25.1 Å². The van der Waals surface area contributed by atoms with E-state index in [0.717, 1.165) is 11.1 Å². The van der Waals surface area contributed by atoms with Crippen LogP contribution in [0.2, 0.25) is 0 Å². The minimum atomic E-state index is -1.78. The van der Waals surface area contributed by atoms with Gasteiger partial charge in [0, 0.05) is 11.6 Å². The van der Waals surface area contributed by atoms with Crippen molar-refractivity contribution in [2.24, 2.45) is 0 Å². The van der Waals surface area contributed by atoms with E-state index in [9.17, 15) is 27.2 Å². The average molecular weight is 457 g/mol. The Morgan fingerprint density at radius 3 is 2.30 bits per heavy atom. The molecule has 0 fully saturated rings. The summed E-state index contributed by atoms with van der Waals surface area (Å²) in [7, 11) is 0. The first kappa shape index (κ1) is 22.0. The lowest BCUT2D eigenvalue weighted by Gasteiger charge is -2.09. The summed E-state index contributed by atoms with van der Waals surface area (Å²) in [5.41, 5.74) is 1.87. The monoisotopic (exact) mass is 457 g/mol. The molecule has 0 radical (unpaired) electrons. The molecule has 2 N–H and O–H groups in total. The third-order valence-corrected chi connectivity index (χ3v) is 4.75. The highest BCUT2D eigenvalue weighted by Gasteiger charge is 2.21. The lowest BCUT2D eigenvalue weighted by Crippen LogP contribution is -2.22. The first-order valence-electron chi connectivity index (χ1n) is 9.59. The summed E-state index contributed by atoms with van der Waals surface area (Å²) in [5, 5.41) is 1.66. The first-order valence-corrected chi connectivity index (χ1v) is 9.59. The summed E-state index contributed by atoms with van der Waals surface area (Å²) >= 11 is 0. The number of fused-ring (bicyclic) bond motifs is 1. The van der Waals surface area contributed by atoms with Gasteiger partial charge in [0.25, 0.3) is 5.91 Å². The number of nitrogens with one attached hydrogen (secondary N) is 2. The molecule has 0 atom stereocenters. The summed E-state index contributed by atoms with van der Waals surface area (Å²) < 4.78 is 58.6. The van der Waals surface area contributed by atoms with Crippen molar-refractivity contribution in [1.29, 1.82) is 0 Å². The number of rotatable bonds is 5. The molecule has 0 aliphatic carbocycles. The summed E-state index contributed by atoms with van der Waals surface area (Å²) in [6.07, 6.45) is 0. The number of anilines is 1. The molecular weight excluding hydrogens is 442 g/mol. The van der Waals surface area contributed by atoms with Gasteiger partial charge in [0.15, 0.2) is 29.9 Å². The highest BCUT2D eigenvalue weighted by molar-refractivity contribution is 5.97. The number of amides is 1. The summed E-state index contributed by atoms with van der Waals surface area (Å²) in [5.74, 6) is -8.40. The molecule has 4 rings (SSSR count). The van der Waals surface area contributed by atoms with Gasteiger partial charge in [-0.15, -0.1) is 0 Å². The molecule has 0 unspecified atom stereocenters. The van der Waals surface area contributed by atoms with Gasteiger partial charge in [-0.3, -0.25) is 4.79 Å². The lowest BCUT2D eigenvalue weighted by molar-refractivity contribution is -0.119. The Labute approximate surface area is 184 Å². The number of carbonyl (C=O) groups excluding carboxylic acids is 2. The third kappa shape index (κ3) is 4.54. The van der Waals surface area contributed by atoms with Gasteiger partial charge in [-0.2, -0.15) is 0 Å². The maximum Gasteiger partial charge on any atom is 0.338 e. The van der Waals surface area contributed by atoms with Gasteiger partial charge >= 0.3 is 5.97 Å². The minimum Gasteiger partial charge on any atom is -0.452 e. The van der Waals surface area contributed by atoms with Crippen LogP contribution in [0.25, 0.3) is 22.4 Å². The van der Waals surface area contributed by atoms with Crippen molar-refractivity contribution < 1.29 is 31.9 Å². The fourth-order valence-electron chi connectivity index (χ4n) is 3.06. The molecule has 3 aromatic carbocycles. The SMILES string of the molecule is Cc1ccc(-c2nc3ccc(C(=O)OCC(=O)Nc4c(F)c(F)cc(F)c4F)cc3[nH]2)cc1. The van der Waals surface area contributed by atoms with Gasteiger partial charge < -0.3 is 15.0 Å². The zero-order valence-corrected chi connectivity index (χ0v) is 17.0. The molecular formula is C23H15F4N3O3. The number of benzene rings is 3. The van der Waals surface area contributed by atoms with E-state index in [1.165, 1.54) is 12.1 Å². The number of hydrogen-bond donors (Lipinski definition) is 2. The van der Waals surface area contributed by atoms with Crippen LogP contribution in [0, 0.1) is 30.2 Å². The van der Waals surface area contributed by atoms with E-state index in [0.29, 0.717) is 16.9 Å². The number of carbonyl (C=O) groups is 2. The van der Waals surface area contributed by atoms with E-state index in [2.05, 4.69) is 9.97 Å². The number of aryl methyl sites for hydroxylation is 1. The molecule has 1 heterocycles. The van der Waals surface area contributed by atoms with Gasteiger partial charge in [-0.1, -0.05) is 29.8 Å². The van der Waals surface area contributed by atoms with Crippen LogP contribution in [0.5, 0.6) is 0 Å². The van der Waals surface area contributed by atoms with E-state index in [1.807, 2.05) is 31.2 Å². The van der Waals surface area contributed by atoms with Crippen molar-refractivity contribution >= 4 is 28.6 Å². The molecule has 1 amide bonds. The van der Waals surface area contributed by atoms with Crippen LogP contribution in [0.4, 0.5) is 23.2 Å². The molecule has 4 aromatic rings. The van der Waals surface area contributed by atoms with Crippen LogP contribution in [0.15, 0.2) is 48.5 Å². The number of hydrogen-bond acceptors (Lipinski definition) is 4. The molecule has 0 saturated carbocycles. The molecule has 10 heteroatoms. The second-order valence-corrected chi connectivity index (χ2v) is 7.15. The number of H-pyrrole nitrogens is 1. The molecule has 0 saturated heterocycles. The molecule has 0 bridgehead atoms. The topological polar surface area (TPSA) is 84.1 Å². The van der Waals surface area contributed by atoms with Crippen LogP contribution in [0.3, 0.4) is 0 Å². The molecule has 0 aliphatic heterocycles. The van der Waals surface area contributed by atoms with Gasteiger partial charge in [0.2, 0.25) is 0 Å². The molecule has 6 nitrogen and oxygen atoms in total. The van der Waals surface area contributed by atoms with Crippen molar-refractivity contribution in [1.82, 2.24) is 9.97 Å². The van der Waals surface area contributed by atoms with Gasteiger partial charge in [0.05, 0.1) is 16.6 Å². The Morgan fingerprint density at radius 2 is 1.64 bits per heavy atom. The Hall–Kier alpha value is -4.21. The van der Waals surface area contributed by atoms with E-state index >= 15 is 0 Å². The highest BCUT2D eigenvalue weighted by atomic mass is 19.2. The highest BCUT2D eigenvalue weighted by Crippen LogP contribution is 2.24. The van der Waals surface area contributed by atoms with E-state index < -0.39 is 47.4 Å². The van der Waals surface area contributed by atoms with E-state index in [1.54, 1.807) is 11.4 Å². The Morgan fingerprint density at radius 1 is 0.970 bits per heavy atom. The summed E-state index contributed by atoms with van der Waals surface area (Å²) in [6, 6.07) is 12.2. The van der Waals surface area contributed by atoms with Crippen molar-refractivity contribution in [2.75, 3.05) is 11.9 Å². The van der Waals surface area contributed by atoms with Gasteiger partial charge in [0.1, 0.15) is 11.5 Å². The summed E-state index contributed by atoms with van der Waals surface area (Å²) in [4.78, 5) is 31.7. The minimum absolute atomic E-state index is 0.0101. The van der Waals surface area contributed by atoms with Crippen LogP contribution in [0.1, 0.15) is 15.9 Å². The quantitative estimate of drug-likeness (QED) is 0.254. The van der Waals surface area contributed by atoms with Crippen LogP contribution < -0.4 is 5.32 Å². The summed E-state index contributed by atoms with van der Waals surface area (Å²) in [6.45, 7) is 1.02. The molecule has 0 aliphatic rings. The standard InChI is InChI=1S/C23H15F4N3O3/c1-11-2-4-12(5-3-11)22-28-16-7-6-13(8-17(16)29-22)23(32)33-10-18(31)30-21-19(26)14(24)9-15(25)20(21)27/h2-9H,10H2,1H3,(H,28,29)(H,30,31). The zero-order valence-electron chi connectivity index (χ0n) is 17.0. The number of nitrogens with zero attached hydrogens (tertiary/aromatic N) is 1. The lowest BCUT2D eigenvalue weighted by atomic mass is 10.1. The van der Waals surface area contributed by atoms with Crippen LogP contribution in [-0.4, -0.2) is 28.5 Å². The Kier molecular flexibility index (Phi) is 5.82. The Bertz CT molecular complexity index is 1360. The van der Waals surface area contributed by atoms with Crippen molar-refractivity contribution in [3.05, 3.63) is 82.9 Å². The number of aromatic nitrogens is 2. The average Bonchev–Trinajstić information content (AvgIpc) is 3.23. The first-order chi connectivity index (χ1) is 15.7. The number of aromatic amines is 1. The molecule has 0 spiro atoms. The van der Waals surface area contributed by atoms with Crippen molar-refractivity contribution in [3.8, 4) is 11.4 Å². The van der Waals surface area contributed by atoms with Gasteiger partial charge in [-0.25, -0.2) is 27.3 Å². The van der Waals surface area contributed by atoms with E-state index in [-0.39, 0.29) is 11.6 Å². The van der Waals surface area contributed by atoms with Crippen molar-refractivity contribution in [3.63, 3.8) is 0 Å². The third-order valence-electron chi connectivity index (χ3n) is 4.75. The fourth-order valence-corrected chi connectivity index (χ4v) is 3.06. The molecule has 33 heavy (non-hydrogen) atoms. The normalized spacial score (nSPS) is 10.9. The molecule has 168 valence electrons.